The summed E-state index contributed by atoms with van der Waals surface area (Å²) in [7, 11) is 0. The third-order valence-electron chi connectivity index (χ3n) is 3.35. The van der Waals surface area contributed by atoms with E-state index in [1.54, 1.807) is 0 Å². The van der Waals surface area contributed by atoms with Crippen molar-refractivity contribution in [1.82, 2.24) is 14.9 Å². The molecule has 1 unspecified atom stereocenters. The van der Waals surface area contributed by atoms with Crippen LogP contribution in [0.5, 0.6) is 0 Å². The van der Waals surface area contributed by atoms with Crippen LogP contribution in [0.4, 0.5) is 0 Å². The minimum absolute atomic E-state index is 0.134. The topological polar surface area (TPSA) is 46.9 Å². The smallest absolute Gasteiger partial charge is 0.243 e. The van der Waals surface area contributed by atoms with Gasteiger partial charge in [0.05, 0.1) is 17.1 Å². The van der Waals surface area contributed by atoms with Crippen LogP contribution in [-0.4, -0.2) is 15.5 Å². The number of fused-ring (bicyclic) bond motifs is 1. The molecule has 4 nitrogen and oxygen atoms in total. The lowest BCUT2D eigenvalue weighted by atomic mass is 10.2. The second kappa shape index (κ2) is 6.37. The number of rotatable bonds is 6. The lowest BCUT2D eigenvalue weighted by Crippen LogP contribution is -2.27. The minimum atomic E-state index is -0.174. The molecule has 1 amide bonds. The van der Waals surface area contributed by atoms with Crippen molar-refractivity contribution in [3.8, 4) is 0 Å². The number of hydrogen-bond acceptors (Lipinski definition) is 2. The number of imidazole rings is 1. The van der Waals surface area contributed by atoms with Crippen molar-refractivity contribution in [2.75, 3.05) is 0 Å². The third kappa shape index (κ3) is 2.90. The second-order valence-corrected chi connectivity index (χ2v) is 4.90. The zero-order valence-corrected chi connectivity index (χ0v) is 12.1. The van der Waals surface area contributed by atoms with Gasteiger partial charge in [-0.15, -0.1) is 0 Å². The van der Waals surface area contributed by atoms with Crippen molar-refractivity contribution in [3.63, 3.8) is 0 Å². The molecule has 0 bridgehead atoms. The predicted molar refractivity (Wildman–Crippen MR) is 81.4 cm³/mol. The lowest BCUT2D eigenvalue weighted by Gasteiger charge is -2.15. The lowest BCUT2D eigenvalue weighted by molar-refractivity contribution is -0.117. The summed E-state index contributed by atoms with van der Waals surface area (Å²) in [5.74, 6) is 0.724. The number of amides is 1. The Bertz CT molecular complexity index is 615. The monoisotopic (exact) mass is 271 g/mol. The zero-order valence-electron chi connectivity index (χ0n) is 12.1. The van der Waals surface area contributed by atoms with Gasteiger partial charge in [0.15, 0.2) is 0 Å². The Kier molecular flexibility index (Phi) is 4.56. The van der Waals surface area contributed by atoms with Crippen molar-refractivity contribution in [2.24, 2.45) is 0 Å². The summed E-state index contributed by atoms with van der Waals surface area (Å²) in [5, 5.41) is 2.88. The van der Waals surface area contributed by atoms with E-state index < -0.39 is 0 Å². The maximum absolute atomic E-state index is 11.5. The van der Waals surface area contributed by atoms with Crippen LogP contribution in [0.3, 0.4) is 0 Å². The number of aromatic nitrogens is 2. The highest BCUT2D eigenvalue weighted by molar-refractivity contribution is 5.87. The molecule has 0 saturated heterocycles. The first-order valence-electron chi connectivity index (χ1n) is 7.05. The number of carbonyl (C=O) groups excluding carboxylic acids is 1. The van der Waals surface area contributed by atoms with Crippen molar-refractivity contribution in [2.45, 2.75) is 39.3 Å². The van der Waals surface area contributed by atoms with Crippen LogP contribution in [0.2, 0.25) is 0 Å². The molecule has 0 fully saturated rings. The standard InChI is InChI=1S/C16H21N3O/c1-4-6-11-19-14-10-8-7-9-13(14)18-16(19)12(3)17-15(20)5-2/h5,7-10,12H,2,4,6,11H2,1,3H3,(H,17,20). The van der Waals surface area contributed by atoms with Gasteiger partial charge in [-0.05, 0) is 31.6 Å². The van der Waals surface area contributed by atoms with E-state index in [0.717, 1.165) is 36.2 Å². The van der Waals surface area contributed by atoms with E-state index in [1.807, 2.05) is 25.1 Å². The van der Waals surface area contributed by atoms with Gasteiger partial charge in [-0.25, -0.2) is 4.98 Å². The van der Waals surface area contributed by atoms with Crippen molar-refractivity contribution in [3.05, 3.63) is 42.7 Å². The van der Waals surface area contributed by atoms with Gasteiger partial charge in [0.25, 0.3) is 0 Å². The molecular weight excluding hydrogens is 250 g/mol. The van der Waals surface area contributed by atoms with Crippen LogP contribution in [0.25, 0.3) is 11.0 Å². The van der Waals surface area contributed by atoms with Gasteiger partial charge in [0, 0.05) is 6.54 Å². The predicted octanol–water partition coefficient (Wildman–Crippen LogP) is 3.20. The fourth-order valence-corrected chi connectivity index (χ4v) is 2.31. The number of unbranched alkanes of at least 4 members (excludes halogenated alkanes) is 1. The average Bonchev–Trinajstić information content (AvgIpc) is 2.83. The summed E-state index contributed by atoms with van der Waals surface area (Å²) in [5.41, 5.74) is 2.09. The molecule has 1 atom stereocenters. The Labute approximate surface area is 119 Å². The number of benzene rings is 1. The Balaban J connectivity index is 2.39. The summed E-state index contributed by atoms with van der Waals surface area (Å²) < 4.78 is 2.20. The summed E-state index contributed by atoms with van der Waals surface area (Å²) in [6, 6.07) is 7.94. The minimum Gasteiger partial charge on any atom is -0.343 e. The summed E-state index contributed by atoms with van der Waals surface area (Å²) in [4.78, 5) is 16.1. The van der Waals surface area contributed by atoms with Gasteiger partial charge in [-0.1, -0.05) is 32.1 Å². The fourth-order valence-electron chi connectivity index (χ4n) is 2.31. The average molecular weight is 271 g/mol. The molecule has 20 heavy (non-hydrogen) atoms. The van der Waals surface area contributed by atoms with Crippen molar-refractivity contribution < 1.29 is 4.79 Å². The maximum Gasteiger partial charge on any atom is 0.243 e. The molecular formula is C16H21N3O. The molecule has 4 heteroatoms. The molecule has 0 radical (unpaired) electrons. The second-order valence-electron chi connectivity index (χ2n) is 4.90. The molecule has 1 aromatic carbocycles. The van der Waals surface area contributed by atoms with E-state index in [9.17, 15) is 4.79 Å². The van der Waals surface area contributed by atoms with Gasteiger partial charge in [-0.3, -0.25) is 4.79 Å². The van der Waals surface area contributed by atoms with Crippen LogP contribution < -0.4 is 5.32 Å². The molecule has 1 heterocycles. The number of nitrogens with one attached hydrogen (secondary N) is 1. The largest absolute Gasteiger partial charge is 0.343 e. The third-order valence-corrected chi connectivity index (χ3v) is 3.35. The van der Waals surface area contributed by atoms with E-state index in [1.165, 1.54) is 6.08 Å². The first-order valence-corrected chi connectivity index (χ1v) is 7.05. The van der Waals surface area contributed by atoms with E-state index >= 15 is 0 Å². The molecule has 2 rings (SSSR count). The van der Waals surface area contributed by atoms with Crippen LogP contribution in [-0.2, 0) is 11.3 Å². The van der Waals surface area contributed by atoms with E-state index in [-0.39, 0.29) is 11.9 Å². The van der Waals surface area contributed by atoms with Crippen LogP contribution in [0, 0.1) is 0 Å². The van der Waals surface area contributed by atoms with Crippen LogP contribution >= 0.6 is 0 Å². The fraction of sp³-hybridized carbons (Fsp3) is 0.375. The van der Waals surface area contributed by atoms with Gasteiger partial charge in [-0.2, -0.15) is 0 Å². The first-order chi connectivity index (χ1) is 9.67. The van der Waals surface area contributed by atoms with Crippen molar-refractivity contribution in [1.29, 1.82) is 0 Å². The summed E-state index contributed by atoms with van der Waals surface area (Å²) in [6.07, 6.45) is 3.50. The number of nitrogens with zero attached hydrogens (tertiary/aromatic N) is 2. The Morgan fingerprint density at radius 3 is 2.95 bits per heavy atom. The molecule has 0 aliphatic rings. The molecule has 1 N–H and O–H groups in total. The summed E-state index contributed by atoms with van der Waals surface area (Å²) in [6.45, 7) is 8.52. The van der Waals surface area contributed by atoms with E-state index in [4.69, 9.17) is 0 Å². The normalized spacial score (nSPS) is 12.3. The van der Waals surface area contributed by atoms with Gasteiger partial charge >= 0.3 is 0 Å². The van der Waals surface area contributed by atoms with Gasteiger partial charge in [0.2, 0.25) is 5.91 Å². The van der Waals surface area contributed by atoms with Crippen LogP contribution in [0.1, 0.15) is 38.6 Å². The Hall–Kier alpha value is -2.10. The van der Waals surface area contributed by atoms with Crippen LogP contribution in [0.15, 0.2) is 36.9 Å². The quantitative estimate of drug-likeness (QED) is 0.820. The molecule has 0 spiro atoms. The first kappa shape index (κ1) is 14.3. The number of carbonyl (C=O) groups is 1. The zero-order chi connectivity index (χ0) is 14.5. The molecule has 0 aliphatic heterocycles. The highest BCUT2D eigenvalue weighted by atomic mass is 16.1. The molecule has 1 aromatic heterocycles. The number of hydrogen-bond donors (Lipinski definition) is 1. The van der Waals surface area contributed by atoms with E-state index in [2.05, 4.69) is 34.4 Å². The Morgan fingerprint density at radius 2 is 2.25 bits per heavy atom. The van der Waals surface area contributed by atoms with Gasteiger partial charge < -0.3 is 9.88 Å². The molecule has 2 aromatic rings. The maximum atomic E-state index is 11.5. The van der Waals surface area contributed by atoms with Crippen molar-refractivity contribution >= 4 is 16.9 Å². The SMILES string of the molecule is C=CC(=O)NC(C)c1nc2ccccc2n1CCCC. The number of para-hydroxylation sites is 2. The van der Waals surface area contributed by atoms with E-state index in [0.29, 0.717) is 0 Å². The molecule has 106 valence electrons. The molecule has 0 saturated carbocycles. The summed E-state index contributed by atoms with van der Waals surface area (Å²) >= 11 is 0. The Morgan fingerprint density at radius 1 is 1.50 bits per heavy atom. The highest BCUT2D eigenvalue weighted by Crippen LogP contribution is 2.21. The molecule has 0 aliphatic carbocycles. The highest BCUT2D eigenvalue weighted by Gasteiger charge is 2.16. The van der Waals surface area contributed by atoms with Gasteiger partial charge in [0.1, 0.15) is 5.82 Å². The number of aryl methyl sites for hydroxylation is 1.